The minimum atomic E-state index is -0.561. The average Bonchev–Trinajstić information content (AvgIpc) is 3.83. The highest BCUT2D eigenvalue weighted by Gasteiger charge is 2.50. The largest absolute Gasteiger partial charge is 0.310 e. The number of para-hydroxylation sites is 1. The van der Waals surface area contributed by atoms with Crippen LogP contribution in [0.1, 0.15) is 22.3 Å². The zero-order valence-electron chi connectivity index (χ0n) is 33.3. The van der Waals surface area contributed by atoms with Crippen LogP contribution in [0.3, 0.4) is 0 Å². The first-order valence-corrected chi connectivity index (χ1v) is 21.2. The molecule has 0 saturated heterocycles. The third-order valence-electron chi connectivity index (χ3n) is 13.3. The van der Waals surface area contributed by atoms with Crippen LogP contribution >= 0.6 is 0 Å². The SMILES string of the molecule is c1ccc(-c2cccc(N(c3ccccc3)c3cc4c5c(ccc6c5c5c(cccc5n6-c5cccc(-c6ccccc6)c5)C45c4ccccc4-c4ccccc45)c3)c2)cc1. The van der Waals surface area contributed by atoms with Crippen LogP contribution in [0.5, 0.6) is 0 Å². The van der Waals surface area contributed by atoms with Gasteiger partial charge in [0.2, 0.25) is 0 Å². The van der Waals surface area contributed by atoms with Crippen molar-refractivity contribution in [1.82, 2.24) is 4.57 Å². The smallest absolute Gasteiger partial charge is 0.0727 e. The summed E-state index contributed by atoms with van der Waals surface area (Å²) >= 11 is 0. The van der Waals surface area contributed by atoms with E-state index in [1.807, 2.05) is 0 Å². The molecule has 0 unspecified atom stereocenters. The Labute approximate surface area is 354 Å². The molecule has 1 spiro atoms. The van der Waals surface area contributed by atoms with E-state index in [2.05, 4.69) is 240 Å². The lowest BCUT2D eigenvalue weighted by molar-refractivity contribution is 0.783. The van der Waals surface area contributed by atoms with Crippen molar-refractivity contribution in [2.45, 2.75) is 5.41 Å². The quantitative estimate of drug-likeness (QED) is 0.163. The van der Waals surface area contributed by atoms with Crippen molar-refractivity contribution in [3.63, 3.8) is 0 Å². The Morgan fingerprint density at radius 2 is 0.852 bits per heavy atom. The first kappa shape index (κ1) is 34.0. The van der Waals surface area contributed by atoms with Gasteiger partial charge in [-0.15, -0.1) is 0 Å². The third kappa shape index (κ3) is 4.79. The van der Waals surface area contributed by atoms with Gasteiger partial charge in [-0.25, -0.2) is 0 Å². The number of hydrogen-bond donors (Lipinski definition) is 0. The molecule has 13 rings (SSSR count). The van der Waals surface area contributed by atoms with E-state index in [-0.39, 0.29) is 0 Å². The Morgan fingerprint density at radius 3 is 1.56 bits per heavy atom. The number of rotatable bonds is 6. The van der Waals surface area contributed by atoms with Crippen LogP contribution in [0.15, 0.2) is 231 Å². The van der Waals surface area contributed by atoms with Crippen molar-refractivity contribution in [2.75, 3.05) is 4.90 Å². The molecule has 10 aromatic carbocycles. The second-order valence-electron chi connectivity index (χ2n) is 16.4. The molecule has 0 aliphatic heterocycles. The molecule has 2 nitrogen and oxygen atoms in total. The molecule has 2 aliphatic rings. The molecule has 284 valence electrons. The van der Waals surface area contributed by atoms with Gasteiger partial charge in [0, 0.05) is 33.5 Å². The van der Waals surface area contributed by atoms with Gasteiger partial charge in [0.25, 0.3) is 0 Å². The molecule has 0 bridgehead atoms. The van der Waals surface area contributed by atoms with Crippen LogP contribution in [0, 0.1) is 0 Å². The Morgan fingerprint density at radius 1 is 0.311 bits per heavy atom. The molecule has 1 heterocycles. The molecule has 0 radical (unpaired) electrons. The number of fused-ring (bicyclic) bond motifs is 7. The standard InChI is InChI=1S/C59H38N2/c1-4-17-39(18-5-1)41-21-14-25-45(35-41)60(44-23-8-3-9-24-44)47-37-43-33-34-55-58-56(43)53(38-47)59(50-29-12-10-27-48(50)49-28-11-13-30-51(49)59)52-31-16-32-54(57(52)58)61(55)46-26-15-22-42(36-46)40-19-6-2-7-20-40/h1-38H. The van der Waals surface area contributed by atoms with Gasteiger partial charge in [-0.1, -0.05) is 170 Å². The first-order valence-electron chi connectivity index (χ1n) is 21.2. The molecule has 0 fully saturated rings. The van der Waals surface area contributed by atoms with Gasteiger partial charge in [0.1, 0.15) is 0 Å². The number of anilines is 3. The molecule has 1 aromatic heterocycles. The van der Waals surface area contributed by atoms with Gasteiger partial charge >= 0.3 is 0 Å². The predicted molar refractivity (Wildman–Crippen MR) is 255 cm³/mol. The third-order valence-corrected chi connectivity index (χ3v) is 13.3. The Bertz CT molecular complexity index is 3480. The summed E-state index contributed by atoms with van der Waals surface area (Å²) < 4.78 is 2.51. The van der Waals surface area contributed by atoms with E-state index in [4.69, 9.17) is 0 Å². The summed E-state index contributed by atoms with van der Waals surface area (Å²) in [6.07, 6.45) is 0. The van der Waals surface area contributed by atoms with Gasteiger partial charge in [-0.3, -0.25) is 0 Å². The molecule has 0 N–H and O–H groups in total. The number of nitrogens with zero attached hydrogens (tertiary/aromatic N) is 2. The minimum Gasteiger partial charge on any atom is -0.310 e. The summed E-state index contributed by atoms with van der Waals surface area (Å²) in [7, 11) is 0. The Hall–Kier alpha value is -7.94. The van der Waals surface area contributed by atoms with E-state index in [1.54, 1.807) is 0 Å². The molecule has 11 aromatic rings. The van der Waals surface area contributed by atoms with Crippen LogP contribution < -0.4 is 4.90 Å². The summed E-state index contributed by atoms with van der Waals surface area (Å²) in [6, 6.07) is 85.3. The second-order valence-corrected chi connectivity index (χ2v) is 16.4. The fraction of sp³-hybridized carbons (Fsp3) is 0.0169. The van der Waals surface area contributed by atoms with E-state index in [0.717, 1.165) is 22.7 Å². The first-order chi connectivity index (χ1) is 30.3. The lowest BCUT2D eigenvalue weighted by atomic mass is 9.63. The van der Waals surface area contributed by atoms with Crippen molar-refractivity contribution in [2.24, 2.45) is 0 Å². The van der Waals surface area contributed by atoms with E-state index >= 15 is 0 Å². The maximum atomic E-state index is 2.53. The maximum Gasteiger partial charge on any atom is 0.0727 e. The number of benzene rings is 10. The van der Waals surface area contributed by atoms with Crippen molar-refractivity contribution in [3.05, 3.63) is 253 Å². The fourth-order valence-corrected chi connectivity index (χ4v) is 10.9. The van der Waals surface area contributed by atoms with Gasteiger partial charge in [0.05, 0.1) is 16.4 Å². The maximum absolute atomic E-state index is 2.53. The van der Waals surface area contributed by atoms with E-state index in [1.165, 1.54) is 88.2 Å². The fourth-order valence-electron chi connectivity index (χ4n) is 10.9. The summed E-state index contributed by atoms with van der Waals surface area (Å²) in [6.45, 7) is 0. The van der Waals surface area contributed by atoms with Crippen LogP contribution in [0.4, 0.5) is 17.1 Å². The summed E-state index contributed by atoms with van der Waals surface area (Å²) in [4.78, 5) is 2.45. The topological polar surface area (TPSA) is 8.17 Å². The normalized spacial score (nSPS) is 13.0. The van der Waals surface area contributed by atoms with Crippen LogP contribution in [0.25, 0.3) is 71.6 Å². The zero-order chi connectivity index (χ0) is 40.1. The molecule has 0 amide bonds. The van der Waals surface area contributed by atoms with Crippen molar-refractivity contribution >= 4 is 49.6 Å². The predicted octanol–water partition coefficient (Wildman–Crippen LogP) is 15.4. The average molecular weight is 775 g/mol. The van der Waals surface area contributed by atoms with E-state index < -0.39 is 5.41 Å². The molecular formula is C59H38N2. The summed E-state index contributed by atoms with van der Waals surface area (Å²) in [5.74, 6) is 0. The lowest BCUT2D eigenvalue weighted by Gasteiger charge is -2.39. The molecule has 61 heavy (non-hydrogen) atoms. The van der Waals surface area contributed by atoms with Crippen LogP contribution in [0.2, 0.25) is 0 Å². The molecule has 0 saturated carbocycles. The molecule has 2 heteroatoms. The zero-order valence-corrected chi connectivity index (χ0v) is 33.3. The Balaban J connectivity index is 1.16. The molecular weight excluding hydrogens is 737 g/mol. The van der Waals surface area contributed by atoms with Crippen molar-refractivity contribution < 1.29 is 0 Å². The highest BCUT2D eigenvalue weighted by molar-refractivity contribution is 6.27. The number of aromatic nitrogens is 1. The monoisotopic (exact) mass is 774 g/mol. The Kier molecular flexibility index (Phi) is 7.26. The van der Waals surface area contributed by atoms with Crippen molar-refractivity contribution in [1.29, 1.82) is 0 Å². The van der Waals surface area contributed by atoms with Gasteiger partial charge in [-0.05, 0) is 127 Å². The van der Waals surface area contributed by atoms with Gasteiger partial charge in [0.15, 0.2) is 0 Å². The minimum absolute atomic E-state index is 0.561. The summed E-state index contributed by atoms with van der Waals surface area (Å²) in [5.41, 5.74) is 19.1. The van der Waals surface area contributed by atoms with Crippen molar-refractivity contribution in [3.8, 4) is 39.1 Å². The number of hydrogen-bond acceptors (Lipinski definition) is 1. The second kappa shape index (κ2) is 13.0. The lowest BCUT2D eigenvalue weighted by Crippen LogP contribution is -2.31. The van der Waals surface area contributed by atoms with Gasteiger partial charge < -0.3 is 9.47 Å². The van der Waals surface area contributed by atoms with E-state index in [0.29, 0.717) is 0 Å². The highest BCUT2D eigenvalue weighted by atomic mass is 15.1. The van der Waals surface area contributed by atoms with E-state index in [9.17, 15) is 0 Å². The molecule has 0 atom stereocenters. The van der Waals surface area contributed by atoms with Crippen LogP contribution in [-0.4, -0.2) is 4.57 Å². The van der Waals surface area contributed by atoms with Gasteiger partial charge in [-0.2, -0.15) is 0 Å². The highest BCUT2D eigenvalue weighted by Crippen LogP contribution is 2.63. The van der Waals surface area contributed by atoms with Crippen LogP contribution in [-0.2, 0) is 5.41 Å². The molecule has 2 aliphatic carbocycles. The summed E-state index contributed by atoms with van der Waals surface area (Å²) in [5, 5.41) is 5.20.